The van der Waals surface area contributed by atoms with E-state index in [4.69, 9.17) is 9.84 Å². The SMILES string of the molecule is CC(NS(=O)(=O)c1ccc(OCCCO)cc1)C(C)(C)C. The number of hydrogen-bond donors (Lipinski definition) is 2. The third kappa shape index (κ3) is 5.65. The van der Waals surface area contributed by atoms with Gasteiger partial charge in [-0.15, -0.1) is 0 Å². The molecule has 1 unspecified atom stereocenters. The summed E-state index contributed by atoms with van der Waals surface area (Å²) in [4.78, 5) is 0.216. The van der Waals surface area contributed by atoms with Crippen LogP contribution in [0.3, 0.4) is 0 Å². The minimum atomic E-state index is -3.53. The quantitative estimate of drug-likeness (QED) is 0.756. The molecule has 0 bridgehead atoms. The van der Waals surface area contributed by atoms with Gasteiger partial charge in [-0.3, -0.25) is 0 Å². The van der Waals surface area contributed by atoms with Gasteiger partial charge in [-0.1, -0.05) is 20.8 Å². The first-order chi connectivity index (χ1) is 9.66. The summed E-state index contributed by atoms with van der Waals surface area (Å²) in [6.07, 6.45) is 0.546. The minimum absolute atomic E-state index is 0.0705. The second kappa shape index (κ2) is 7.24. The molecule has 0 amide bonds. The van der Waals surface area contributed by atoms with Crippen LogP contribution in [0.25, 0.3) is 0 Å². The standard InChI is InChI=1S/C15H25NO4S/c1-12(15(2,3)4)16-21(18,19)14-8-6-13(7-9-14)20-11-5-10-17/h6-9,12,16-17H,5,10-11H2,1-4H3. The van der Waals surface area contributed by atoms with Gasteiger partial charge >= 0.3 is 0 Å². The summed E-state index contributed by atoms with van der Waals surface area (Å²) in [6.45, 7) is 8.28. The van der Waals surface area contributed by atoms with Crippen molar-refractivity contribution in [3.05, 3.63) is 24.3 Å². The summed E-state index contributed by atoms with van der Waals surface area (Å²) in [6, 6.07) is 6.10. The zero-order valence-electron chi connectivity index (χ0n) is 13.1. The van der Waals surface area contributed by atoms with E-state index in [1.165, 1.54) is 12.1 Å². The molecule has 120 valence electrons. The molecular formula is C15H25NO4S. The number of aliphatic hydroxyl groups excluding tert-OH is 1. The van der Waals surface area contributed by atoms with Crippen molar-refractivity contribution in [2.75, 3.05) is 13.2 Å². The van der Waals surface area contributed by atoms with Gasteiger partial charge in [-0.2, -0.15) is 0 Å². The second-order valence-electron chi connectivity index (χ2n) is 6.11. The van der Waals surface area contributed by atoms with Crippen LogP contribution in [-0.2, 0) is 10.0 Å². The van der Waals surface area contributed by atoms with Gasteiger partial charge in [0.1, 0.15) is 5.75 Å². The molecule has 6 heteroatoms. The van der Waals surface area contributed by atoms with E-state index >= 15 is 0 Å². The highest BCUT2D eigenvalue weighted by Gasteiger charge is 2.25. The highest BCUT2D eigenvalue weighted by Crippen LogP contribution is 2.22. The van der Waals surface area contributed by atoms with Crippen molar-refractivity contribution in [3.8, 4) is 5.75 Å². The lowest BCUT2D eigenvalue weighted by molar-refractivity contribution is 0.233. The zero-order valence-corrected chi connectivity index (χ0v) is 13.9. The highest BCUT2D eigenvalue weighted by molar-refractivity contribution is 7.89. The number of nitrogens with one attached hydrogen (secondary N) is 1. The molecule has 21 heavy (non-hydrogen) atoms. The normalized spacial score (nSPS) is 14.0. The fourth-order valence-corrected chi connectivity index (χ4v) is 2.90. The minimum Gasteiger partial charge on any atom is -0.494 e. The van der Waals surface area contributed by atoms with Gasteiger partial charge < -0.3 is 9.84 Å². The van der Waals surface area contributed by atoms with Gasteiger partial charge in [-0.05, 0) is 36.6 Å². The predicted octanol–water partition coefficient (Wildman–Crippen LogP) is 2.16. The Balaban J connectivity index is 2.76. The van der Waals surface area contributed by atoms with Crippen molar-refractivity contribution in [1.82, 2.24) is 4.72 Å². The Morgan fingerprint density at radius 3 is 2.29 bits per heavy atom. The summed E-state index contributed by atoms with van der Waals surface area (Å²) < 4.78 is 32.6. The fourth-order valence-electron chi connectivity index (χ4n) is 1.45. The van der Waals surface area contributed by atoms with Gasteiger partial charge in [0.05, 0.1) is 11.5 Å². The summed E-state index contributed by atoms with van der Waals surface area (Å²) in [5, 5.41) is 8.68. The molecule has 0 aliphatic carbocycles. The number of benzene rings is 1. The molecular weight excluding hydrogens is 290 g/mol. The molecule has 1 aromatic rings. The summed E-state index contributed by atoms with van der Waals surface area (Å²) in [5.74, 6) is 0.589. The Hall–Kier alpha value is -1.11. The van der Waals surface area contributed by atoms with Crippen molar-refractivity contribution < 1.29 is 18.3 Å². The van der Waals surface area contributed by atoms with Crippen molar-refractivity contribution in [2.24, 2.45) is 5.41 Å². The molecule has 0 spiro atoms. The summed E-state index contributed by atoms with van der Waals surface area (Å²) in [7, 11) is -3.53. The molecule has 1 aromatic carbocycles. The number of hydrogen-bond acceptors (Lipinski definition) is 4. The van der Waals surface area contributed by atoms with Gasteiger partial charge in [0, 0.05) is 19.1 Å². The van der Waals surface area contributed by atoms with E-state index in [0.717, 1.165) is 0 Å². The first-order valence-electron chi connectivity index (χ1n) is 7.03. The summed E-state index contributed by atoms with van der Waals surface area (Å²) in [5.41, 5.74) is -0.152. The third-order valence-corrected chi connectivity index (χ3v) is 4.89. The van der Waals surface area contributed by atoms with Crippen LogP contribution in [0, 0.1) is 5.41 Å². The van der Waals surface area contributed by atoms with Gasteiger partial charge in [0.15, 0.2) is 0 Å². The van der Waals surface area contributed by atoms with Gasteiger partial charge in [-0.25, -0.2) is 13.1 Å². The number of sulfonamides is 1. The maximum Gasteiger partial charge on any atom is 0.240 e. The van der Waals surface area contributed by atoms with E-state index in [1.54, 1.807) is 12.1 Å². The number of aliphatic hydroxyl groups is 1. The summed E-state index contributed by atoms with van der Waals surface area (Å²) >= 11 is 0. The van der Waals surface area contributed by atoms with E-state index in [-0.39, 0.29) is 23.0 Å². The van der Waals surface area contributed by atoms with Crippen LogP contribution in [0.4, 0.5) is 0 Å². The van der Waals surface area contributed by atoms with Gasteiger partial charge in [0.2, 0.25) is 10.0 Å². The molecule has 0 aliphatic heterocycles. The van der Waals surface area contributed by atoms with E-state index < -0.39 is 10.0 Å². The lowest BCUT2D eigenvalue weighted by atomic mass is 9.89. The Morgan fingerprint density at radius 1 is 1.24 bits per heavy atom. The first kappa shape index (κ1) is 17.9. The van der Waals surface area contributed by atoms with Crippen LogP contribution >= 0.6 is 0 Å². The van der Waals surface area contributed by atoms with Crippen molar-refractivity contribution in [3.63, 3.8) is 0 Å². The fraction of sp³-hybridized carbons (Fsp3) is 0.600. The van der Waals surface area contributed by atoms with E-state index in [1.807, 2.05) is 27.7 Å². The van der Waals surface area contributed by atoms with Crippen LogP contribution in [0.2, 0.25) is 0 Å². The lowest BCUT2D eigenvalue weighted by Gasteiger charge is -2.27. The molecule has 0 saturated heterocycles. The van der Waals surface area contributed by atoms with Crippen LogP contribution in [-0.4, -0.2) is 32.8 Å². The Bertz CT molecular complexity index is 532. The van der Waals surface area contributed by atoms with Crippen molar-refractivity contribution >= 4 is 10.0 Å². The first-order valence-corrected chi connectivity index (χ1v) is 8.51. The molecule has 1 rings (SSSR count). The Morgan fingerprint density at radius 2 is 1.81 bits per heavy atom. The van der Waals surface area contributed by atoms with Crippen LogP contribution < -0.4 is 9.46 Å². The number of rotatable bonds is 7. The monoisotopic (exact) mass is 315 g/mol. The molecule has 0 fully saturated rings. The molecule has 5 nitrogen and oxygen atoms in total. The second-order valence-corrected chi connectivity index (χ2v) is 7.82. The lowest BCUT2D eigenvalue weighted by Crippen LogP contribution is -2.41. The predicted molar refractivity (Wildman–Crippen MR) is 82.9 cm³/mol. The topological polar surface area (TPSA) is 75.6 Å². The average Bonchev–Trinajstić information content (AvgIpc) is 2.38. The molecule has 0 saturated carbocycles. The largest absolute Gasteiger partial charge is 0.494 e. The van der Waals surface area contributed by atoms with E-state index in [2.05, 4.69) is 4.72 Å². The van der Waals surface area contributed by atoms with Crippen molar-refractivity contribution in [2.45, 2.75) is 45.1 Å². The average molecular weight is 315 g/mol. The Kier molecular flexibility index (Phi) is 6.19. The molecule has 0 radical (unpaired) electrons. The molecule has 2 N–H and O–H groups in total. The van der Waals surface area contributed by atoms with Crippen LogP contribution in [0.15, 0.2) is 29.2 Å². The van der Waals surface area contributed by atoms with Crippen LogP contribution in [0.5, 0.6) is 5.75 Å². The van der Waals surface area contributed by atoms with Crippen LogP contribution in [0.1, 0.15) is 34.1 Å². The molecule has 0 aromatic heterocycles. The van der Waals surface area contributed by atoms with Crippen molar-refractivity contribution in [1.29, 1.82) is 0 Å². The maximum atomic E-state index is 12.3. The highest BCUT2D eigenvalue weighted by atomic mass is 32.2. The number of ether oxygens (including phenoxy) is 1. The zero-order chi connectivity index (χ0) is 16.1. The van der Waals surface area contributed by atoms with E-state index in [9.17, 15) is 8.42 Å². The maximum absolute atomic E-state index is 12.3. The Labute approximate surface area is 127 Å². The smallest absolute Gasteiger partial charge is 0.240 e. The molecule has 1 atom stereocenters. The molecule has 0 aliphatic rings. The molecule has 0 heterocycles. The van der Waals surface area contributed by atoms with E-state index in [0.29, 0.717) is 18.8 Å². The third-order valence-electron chi connectivity index (χ3n) is 3.34. The van der Waals surface area contributed by atoms with Gasteiger partial charge in [0.25, 0.3) is 0 Å².